The number of anilines is 1. The molecule has 96 valence electrons. The van der Waals surface area contributed by atoms with Crippen LogP contribution >= 0.6 is 39.1 Å². The molecule has 2 N–H and O–H groups in total. The van der Waals surface area contributed by atoms with Crippen LogP contribution in [0.1, 0.15) is 0 Å². The van der Waals surface area contributed by atoms with Crippen molar-refractivity contribution >= 4 is 56.2 Å². The maximum atomic E-state index is 6.21. The second-order valence-electron chi connectivity index (χ2n) is 3.90. The van der Waals surface area contributed by atoms with E-state index in [4.69, 9.17) is 28.9 Å². The second kappa shape index (κ2) is 4.67. The van der Waals surface area contributed by atoms with E-state index >= 15 is 0 Å². The molecule has 3 rings (SSSR count). The molecule has 0 aliphatic carbocycles. The molecule has 0 saturated heterocycles. The Labute approximate surface area is 127 Å². The number of fused-ring (bicyclic) bond motifs is 1. The van der Waals surface area contributed by atoms with Gasteiger partial charge in [0, 0.05) is 10.7 Å². The molecule has 0 amide bonds. The van der Waals surface area contributed by atoms with E-state index < -0.39 is 0 Å². The van der Waals surface area contributed by atoms with Crippen molar-refractivity contribution in [3.63, 3.8) is 0 Å². The zero-order chi connectivity index (χ0) is 13.6. The predicted octanol–water partition coefficient (Wildman–Crippen LogP) is 4.07. The van der Waals surface area contributed by atoms with Gasteiger partial charge < -0.3 is 5.73 Å². The van der Waals surface area contributed by atoms with Crippen LogP contribution in [0.4, 0.5) is 5.95 Å². The Balaban J connectivity index is 2.36. The number of halogens is 3. The average Bonchev–Trinajstić information content (AvgIpc) is 2.67. The van der Waals surface area contributed by atoms with Crippen molar-refractivity contribution in [3.8, 4) is 5.69 Å². The third-order valence-electron chi connectivity index (χ3n) is 2.64. The van der Waals surface area contributed by atoms with Crippen LogP contribution < -0.4 is 5.73 Å². The van der Waals surface area contributed by atoms with Crippen molar-refractivity contribution in [2.24, 2.45) is 0 Å². The lowest BCUT2D eigenvalue weighted by Crippen LogP contribution is -2.02. The monoisotopic (exact) mass is 356 g/mol. The molecule has 2 heterocycles. The minimum atomic E-state index is 0.310. The van der Waals surface area contributed by atoms with Gasteiger partial charge in [0.2, 0.25) is 5.95 Å². The molecular weight excluding hydrogens is 351 g/mol. The van der Waals surface area contributed by atoms with Gasteiger partial charge in [-0.1, -0.05) is 39.1 Å². The maximum Gasteiger partial charge on any atom is 0.207 e. The molecule has 2 aromatic heterocycles. The highest BCUT2D eigenvalue weighted by molar-refractivity contribution is 9.10. The highest BCUT2D eigenvalue weighted by Gasteiger charge is 2.14. The van der Waals surface area contributed by atoms with E-state index in [-0.39, 0.29) is 0 Å². The van der Waals surface area contributed by atoms with Crippen molar-refractivity contribution in [2.45, 2.75) is 0 Å². The largest absolute Gasteiger partial charge is 0.369 e. The van der Waals surface area contributed by atoms with Crippen LogP contribution in [0.3, 0.4) is 0 Å². The van der Waals surface area contributed by atoms with Crippen LogP contribution in [0.5, 0.6) is 0 Å². The summed E-state index contributed by atoms with van der Waals surface area (Å²) in [7, 11) is 0. The molecule has 3 aromatic rings. The first-order chi connectivity index (χ1) is 9.06. The average molecular weight is 358 g/mol. The molecule has 0 aliphatic heterocycles. The van der Waals surface area contributed by atoms with Gasteiger partial charge in [-0.3, -0.25) is 4.57 Å². The van der Waals surface area contributed by atoms with E-state index in [0.717, 1.165) is 4.47 Å². The van der Waals surface area contributed by atoms with Crippen LogP contribution in [-0.4, -0.2) is 14.5 Å². The Morgan fingerprint density at radius 1 is 1.21 bits per heavy atom. The summed E-state index contributed by atoms with van der Waals surface area (Å²) in [5.74, 6) is 0.310. The molecule has 0 radical (unpaired) electrons. The summed E-state index contributed by atoms with van der Waals surface area (Å²) in [5, 5.41) is 1.07. The SMILES string of the molecule is Nc1nc2cc(Cl)cnc2n1-c1cc(Br)ccc1Cl. The fourth-order valence-corrected chi connectivity index (χ4v) is 2.56. The Morgan fingerprint density at radius 3 is 2.79 bits per heavy atom. The van der Waals surface area contributed by atoms with Gasteiger partial charge >= 0.3 is 0 Å². The van der Waals surface area contributed by atoms with Crippen LogP contribution in [0.25, 0.3) is 16.9 Å². The van der Waals surface area contributed by atoms with Crippen molar-refractivity contribution in [3.05, 3.63) is 45.0 Å². The summed E-state index contributed by atoms with van der Waals surface area (Å²) in [6, 6.07) is 7.20. The highest BCUT2D eigenvalue weighted by atomic mass is 79.9. The van der Waals surface area contributed by atoms with Gasteiger partial charge in [-0.05, 0) is 24.3 Å². The molecule has 7 heteroatoms. The summed E-state index contributed by atoms with van der Waals surface area (Å²) < 4.78 is 2.58. The number of rotatable bonds is 1. The standard InChI is InChI=1S/C12H7BrCl2N4/c13-6-1-2-8(15)10(3-6)19-11-9(18-12(19)16)4-7(14)5-17-11/h1-5H,(H2,16,18). The summed E-state index contributed by atoms with van der Waals surface area (Å²) in [6.45, 7) is 0. The molecule has 0 aliphatic rings. The molecule has 0 spiro atoms. The first kappa shape index (κ1) is 12.7. The number of benzene rings is 1. The van der Waals surface area contributed by atoms with Gasteiger partial charge in [0.25, 0.3) is 0 Å². The normalized spacial score (nSPS) is 11.1. The van der Waals surface area contributed by atoms with E-state index in [1.165, 1.54) is 0 Å². The number of hydrogen-bond acceptors (Lipinski definition) is 3. The maximum absolute atomic E-state index is 6.21. The summed E-state index contributed by atoms with van der Waals surface area (Å²) >= 11 is 15.5. The molecule has 0 bridgehead atoms. The number of hydrogen-bond donors (Lipinski definition) is 1. The van der Waals surface area contributed by atoms with Crippen molar-refractivity contribution in [1.82, 2.24) is 14.5 Å². The minimum Gasteiger partial charge on any atom is -0.369 e. The number of nitrogens with two attached hydrogens (primary N) is 1. The van der Waals surface area contributed by atoms with Gasteiger partial charge in [-0.2, -0.15) is 0 Å². The molecule has 19 heavy (non-hydrogen) atoms. The predicted molar refractivity (Wildman–Crippen MR) is 81.0 cm³/mol. The van der Waals surface area contributed by atoms with Gasteiger partial charge in [0.05, 0.1) is 15.7 Å². The molecule has 1 aromatic carbocycles. The minimum absolute atomic E-state index is 0.310. The lowest BCUT2D eigenvalue weighted by molar-refractivity contribution is 1.08. The summed E-state index contributed by atoms with van der Waals surface area (Å²) in [4.78, 5) is 8.50. The molecule has 0 atom stereocenters. The van der Waals surface area contributed by atoms with Crippen LogP contribution in [0.2, 0.25) is 10.0 Å². The third-order valence-corrected chi connectivity index (χ3v) is 3.66. The lowest BCUT2D eigenvalue weighted by atomic mass is 10.3. The van der Waals surface area contributed by atoms with Gasteiger partial charge in [0.15, 0.2) is 5.65 Å². The fourth-order valence-electron chi connectivity index (χ4n) is 1.85. The van der Waals surface area contributed by atoms with Gasteiger partial charge in [-0.15, -0.1) is 0 Å². The number of nitrogens with zero attached hydrogens (tertiary/aromatic N) is 3. The van der Waals surface area contributed by atoms with Crippen molar-refractivity contribution in [1.29, 1.82) is 0 Å². The molecule has 0 fully saturated rings. The van der Waals surface area contributed by atoms with Gasteiger partial charge in [-0.25, -0.2) is 9.97 Å². The zero-order valence-corrected chi connectivity index (χ0v) is 12.5. The van der Waals surface area contributed by atoms with Crippen LogP contribution in [0.15, 0.2) is 34.9 Å². The first-order valence-corrected chi connectivity index (χ1v) is 6.86. The topological polar surface area (TPSA) is 56.7 Å². The lowest BCUT2D eigenvalue weighted by Gasteiger charge is -2.08. The van der Waals surface area contributed by atoms with E-state index in [1.807, 2.05) is 12.1 Å². The molecular formula is C12H7BrCl2N4. The number of imidazole rings is 1. The van der Waals surface area contributed by atoms with Crippen LogP contribution in [0, 0.1) is 0 Å². The fraction of sp³-hybridized carbons (Fsp3) is 0. The zero-order valence-electron chi connectivity index (χ0n) is 9.44. The van der Waals surface area contributed by atoms with E-state index in [0.29, 0.717) is 32.8 Å². The molecule has 4 nitrogen and oxygen atoms in total. The van der Waals surface area contributed by atoms with Crippen LogP contribution in [-0.2, 0) is 0 Å². The van der Waals surface area contributed by atoms with Crippen molar-refractivity contribution in [2.75, 3.05) is 5.73 Å². The number of pyridine rings is 1. The summed E-state index contributed by atoms with van der Waals surface area (Å²) in [6.07, 6.45) is 1.55. The number of aromatic nitrogens is 3. The Morgan fingerprint density at radius 2 is 2.00 bits per heavy atom. The van der Waals surface area contributed by atoms with Gasteiger partial charge in [0.1, 0.15) is 5.52 Å². The first-order valence-electron chi connectivity index (χ1n) is 5.31. The second-order valence-corrected chi connectivity index (χ2v) is 5.66. The highest BCUT2D eigenvalue weighted by Crippen LogP contribution is 2.30. The van der Waals surface area contributed by atoms with E-state index in [2.05, 4.69) is 25.9 Å². The molecule has 0 saturated carbocycles. The quantitative estimate of drug-likeness (QED) is 0.714. The van der Waals surface area contributed by atoms with E-state index in [9.17, 15) is 0 Å². The van der Waals surface area contributed by atoms with Crippen molar-refractivity contribution < 1.29 is 0 Å². The number of nitrogen functional groups attached to an aromatic ring is 1. The van der Waals surface area contributed by atoms with E-state index in [1.54, 1.807) is 22.9 Å². The third kappa shape index (κ3) is 2.18. The Bertz CT molecular complexity index is 785. The Kier molecular flexibility index (Phi) is 3.12. The summed E-state index contributed by atoms with van der Waals surface area (Å²) in [5.41, 5.74) is 7.90. The smallest absolute Gasteiger partial charge is 0.207 e. The Hall–Kier alpha value is -1.30. The molecule has 0 unspecified atom stereocenters.